The minimum atomic E-state index is -0.174. The van der Waals surface area contributed by atoms with E-state index in [0.29, 0.717) is 11.6 Å². The summed E-state index contributed by atoms with van der Waals surface area (Å²) >= 11 is 7.30. The lowest BCUT2D eigenvalue weighted by Gasteiger charge is -2.16. The summed E-state index contributed by atoms with van der Waals surface area (Å²) in [5.41, 5.74) is 0.718. The van der Waals surface area contributed by atoms with Gasteiger partial charge >= 0.3 is 6.03 Å². The van der Waals surface area contributed by atoms with Gasteiger partial charge in [-0.1, -0.05) is 11.6 Å². The van der Waals surface area contributed by atoms with Crippen molar-refractivity contribution in [1.82, 2.24) is 9.88 Å². The Labute approximate surface area is 114 Å². The molecule has 2 aromatic rings. The topological polar surface area (TPSA) is 45.2 Å². The highest BCUT2D eigenvalue weighted by atomic mass is 35.5. The van der Waals surface area contributed by atoms with Crippen molar-refractivity contribution >= 4 is 34.7 Å². The first-order valence-electron chi connectivity index (χ1n) is 5.31. The lowest BCUT2D eigenvalue weighted by atomic mass is 10.3. The van der Waals surface area contributed by atoms with Crippen molar-refractivity contribution in [2.75, 3.05) is 12.4 Å². The van der Waals surface area contributed by atoms with Gasteiger partial charge in [-0.3, -0.25) is 0 Å². The molecule has 1 aromatic heterocycles. The molecule has 0 unspecified atom stereocenters. The number of hydrogen-bond donors (Lipinski definition) is 1. The smallest absolute Gasteiger partial charge is 0.321 e. The maximum absolute atomic E-state index is 11.9. The van der Waals surface area contributed by atoms with Gasteiger partial charge in [0.1, 0.15) is 5.01 Å². The zero-order valence-electron chi connectivity index (χ0n) is 9.76. The summed E-state index contributed by atoms with van der Waals surface area (Å²) in [6.07, 6.45) is 1.73. The van der Waals surface area contributed by atoms with Gasteiger partial charge in [-0.05, 0) is 24.3 Å². The first kappa shape index (κ1) is 12.9. The molecular weight excluding hydrogens is 270 g/mol. The fourth-order valence-electron chi connectivity index (χ4n) is 1.36. The van der Waals surface area contributed by atoms with Crippen LogP contribution in [0.15, 0.2) is 35.8 Å². The quantitative estimate of drug-likeness (QED) is 0.936. The van der Waals surface area contributed by atoms with Gasteiger partial charge in [-0.25, -0.2) is 9.78 Å². The van der Waals surface area contributed by atoms with E-state index in [2.05, 4.69) is 10.3 Å². The van der Waals surface area contributed by atoms with Crippen LogP contribution in [0.3, 0.4) is 0 Å². The lowest BCUT2D eigenvalue weighted by Crippen LogP contribution is -2.30. The van der Waals surface area contributed by atoms with Crippen molar-refractivity contribution < 1.29 is 4.79 Å². The molecule has 0 bridgehead atoms. The van der Waals surface area contributed by atoms with Crippen molar-refractivity contribution in [3.05, 3.63) is 45.9 Å². The molecule has 0 atom stereocenters. The van der Waals surface area contributed by atoms with E-state index in [0.717, 1.165) is 10.7 Å². The Hall–Kier alpha value is -1.59. The highest BCUT2D eigenvalue weighted by Gasteiger charge is 2.10. The molecule has 2 rings (SSSR count). The van der Waals surface area contributed by atoms with E-state index in [9.17, 15) is 4.79 Å². The van der Waals surface area contributed by atoms with Crippen LogP contribution in [-0.2, 0) is 6.54 Å². The Bertz CT molecular complexity index is 513. The number of carbonyl (C=O) groups is 1. The first-order chi connectivity index (χ1) is 8.65. The molecule has 0 aliphatic rings. The van der Waals surface area contributed by atoms with Crippen molar-refractivity contribution in [2.45, 2.75) is 6.54 Å². The largest absolute Gasteiger partial charge is 0.321 e. The van der Waals surface area contributed by atoms with Crippen LogP contribution in [0.25, 0.3) is 0 Å². The molecule has 1 N–H and O–H groups in total. The van der Waals surface area contributed by atoms with E-state index in [1.165, 1.54) is 11.3 Å². The Morgan fingerprint density at radius 2 is 2.17 bits per heavy atom. The predicted molar refractivity (Wildman–Crippen MR) is 74.1 cm³/mol. The van der Waals surface area contributed by atoms with E-state index >= 15 is 0 Å². The summed E-state index contributed by atoms with van der Waals surface area (Å²) in [5, 5.41) is 6.22. The van der Waals surface area contributed by atoms with Gasteiger partial charge in [-0.2, -0.15) is 0 Å². The molecule has 1 aromatic carbocycles. The molecule has 0 spiro atoms. The average molecular weight is 282 g/mol. The van der Waals surface area contributed by atoms with E-state index in [1.54, 1.807) is 42.4 Å². The van der Waals surface area contributed by atoms with Crippen LogP contribution in [0, 0.1) is 0 Å². The Morgan fingerprint density at radius 1 is 1.44 bits per heavy atom. The summed E-state index contributed by atoms with van der Waals surface area (Å²) < 4.78 is 0. The number of urea groups is 1. The molecule has 1 heterocycles. The molecule has 18 heavy (non-hydrogen) atoms. The number of benzene rings is 1. The van der Waals surface area contributed by atoms with Crippen LogP contribution in [0.4, 0.5) is 10.5 Å². The van der Waals surface area contributed by atoms with Gasteiger partial charge in [-0.15, -0.1) is 11.3 Å². The Kier molecular flexibility index (Phi) is 4.17. The standard InChI is InChI=1S/C12H12ClN3OS/c1-16(8-11-14-6-7-18-11)12(17)15-10-4-2-9(13)3-5-10/h2-7H,8H2,1H3,(H,15,17). The summed E-state index contributed by atoms with van der Waals surface area (Å²) in [6.45, 7) is 0.497. The third kappa shape index (κ3) is 3.45. The van der Waals surface area contributed by atoms with E-state index < -0.39 is 0 Å². The number of thiazole rings is 1. The SMILES string of the molecule is CN(Cc1nccs1)C(=O)Nc1ccc(Cl)cc1. The van der Waals surface area contributed by atoms with E-state index in [-0.39, 0.29) is 6.03 Å². The summed E-state index contributed by atoms with van der Waals surface area (Å²) in [6, 6.07) is 6.82. The molecule has 0 saturated heterocycles. The van der Waals surface area contributed by atoms with Crippen LogP contribution in [0.1, 0.15) is 5.01 Å². The van der Waals surface area contributed by atoms with Gasteiger partial charge in [0.15, 0.2) is 0 Å². The number of anilines is 1. The minimum absolute atomic E-state index is 0.174. The fourth-order valence-corrected chi connectivity index (χ4v) is 2.15. The summed E-state index contributed by atoms with van der Waals surface area (Å²) in [5.74, 6) is 0. The highest BCUT2D eigenvalue weighted by Crippen LogP contribution is 2.14. The zero-order chi connectivity index (χ0) is 13.0. The summed E-state index contributed by atoms with van der Waals surface area (Å²) in [4.78, 5) is 17.6. The first-order valence-corrected chi connectivity index (χ1v) is 6.57. The molecule has 0 radical (unpaired) electrons. The molecule has 6 heteroatoms. The Balaban J connectivity index is 1.93. The summed E-state index contributed by atoms with van der Waals surface area (Å²) in [7, 11) is 1.73. The zero-order valence-corrected chi connectivity index (χ0v) is 11.3. The molecule has 0 fully saturated rings. The van der Waals surface area contributed by atoms with Crippen LogP contribution < -0.4 is 5.32 Å². The number of nitrogens with zero attached hydrogens (tertiary/aromatic N) is 2. The van der Waals surface area contributed by atoms with Gasteiger partial charge in [0.05, 0.1) is 6.54 Å². The van der Waals surface area contributed by atoms with Crippen molar-refractivity contribution in [3.8, 4) is 0 Å². The van der Waals surface area contributed by atoms with Crippen molar-refractivity contribution in [2.24, 2.45) is 0 Å². The molecule has 2 amide bonds. The van der Waals surface area contributed by atoms with Gasteiger partial charge in [0.25, 0.3) is 0 Å². The maximum atomic E-state index is 11.9. The second kappa shape index (κ2) is 5.84. The molecule has 94 valence electrons. The molecule has 0 aliphatic heterocycles. The normalized spacial score (nSPS) is 10.1. The molecule has 0 saturated carbocycles. The second-order valence-electron chi connectivity index (χ2n) is 3.72. The minimum Gasteiger partial charge on any atom is -0.321 e. The second-order valence-corrected chi connectivity index (χ2v) is 5.13. The van der Waals surface area contributed by atoms with Gasteiger partial charge in [0.2, 0.25) is 0 Å². The predicted octanol–water partition coefficient (Wildman–Crippen LogP) is 3.46. The third-order valence-corrected chi connectivity index (χ3v) is 3.31. The molecule has 4 nitrogen and oxygen atoms in total. The number of aromatic nitrogens is 1. The Morgan fingerprint density at radius 3 is 2.78 bits per heavy atom. The van der Waals surface area contributed by atoms with Crippen LogP contribution >= 0.6 is 22.9 Å². The number of nitrogens with one attached hydrogen (secondary N) is 1. The van der Waals surface area contributed by atoms with E-state index in [1.807, 2.05) is 5.38 Å². The number of halogens is 1. The lowest BCUT2D eigenvalue weighted by molar-refractivity contribution is 0.220. The van der Waals surface area contributed by atoms with Gasteiger partial charge in [0, 0.05) is 29.3 Å². The van der Waals surface area contributed by atoms with Crippen LogP contribution in [0.2, 0.25) is 5.02 Å². The average Bonchev–Trinajstić information content (AvgIpc) is 2.85. The van der Waals surface area contributed by atoms with Crippen LogP contribution in [0.5, 0.6) is 0 Å². The van der Waals surface area contributed by atoms with Gasteiger partial charge < -0.3 is 10.2 Å². The molecular formula is C12H12ClN3OS. The number of hydrogen-bond acceptors (Lipinski definition) is 3. The highest BCUT2D eigenvalue weighted by molar-refractivity contribution is 7.09. The van der Waals surface area contributed by atoms with Crippen LogP contribution in [-0.4, -0.2) is 23.0 Å². The number of amides is 2. The van der Waals surface area contributed by atoms with E-state index in [4.69, 9.17) is 11.6 Å². The third-order valence-electron chi connectivity index (χ3n) is 2.30. The number of rotatable bonds is 3. The monoisotopic (exact) mass is 281 g/mol. The van der Waals surface area contributed by atoms with Crippen molar-refractivity contribution in [3.63, 3.8) is 0 Å². The fraction of sp³-hybridized carbons (Fsp3) is 0.167. The number of carbonyl (C=O) groups excluding carboxylic acids is 1. The maximum Gasteiger partial charge on any atom is 0.321 e. The van der Waals surface area contributed by atoms with Crippen molar-refractivity contribution in [1.29, 1.82) is 0 Å². The molecule has 0 aliphatic carbocycles.